The zero-order chi connectivity index (χ0) is 14.7. The van der Waals surface area contributed by atoms with Crippen LogP contribution in [0.1, 0.15) is 42.9 Å². The summed E-state index contributed by atoms with van der Waals surface area (Å²) in [7, 11) is 1.79. The number of rotatable bonds is 4. The Hall–Kier alpha value is -1.45. The van der Waals surface area contributed by atoms with Crippen molar-refractivity contribution in [3.05, 3.63) is 41.6 Å². The van der Waals surface area contributed by atoms with Gasteiger partial charge >= 0.3 is 0 Å². The van der Waals surface area contributed by atoms with Gasteiger partial charge in [-0.05, 0) is 42.5 Å². The zero-order valence-corrected chi connectivity index (χ0v) is 12.6. The molecule has 0 saturated heterocycles. The third-order valence-electron chi connectivity index (χ3n) is 4.63. The predicted molar refractivity (Wildman–Crippen MR) is 84.2 cm³/mol. The highest BCUT2D eigenvalue weighted by molar-refractivity contribution is 5.79. The van der Waals surface area contributed by atoms with Crippen molar-refractivity contribution in [2.24, 2.45) is 5.92 Å². The molecular weight excluding hydrogens is 262 g/mol. The summed E-state index contributed by atoms with van der Waals surface area (Å²) in [6.07, 6.45) is 5.04. The molecule has 1 aliphatic carbocycles. The van der Waals surface area contributed by atoms with Crippen LogP contribution in [0, 0.1) is 5.92 Å². The summed E-state index contributed by atoms with van der Waals surface area (Å²) in [4.78, 5) is 4.87. The minimum atomic E-state index is 0.0796. The summed E-state index contributed by atoms with van der Waals surface area (Å²) in [5.41, 5.74) is 3.15. The van der Waals surface area contributed by atoms with E-state index in [2.05, 4.69) is 12.1 Å². The van der Waals surface area contributed by atoms with Gasteiger partial charge in [-0.2, -0.15) is 0 Å². The average Bonchev–Trinajstić information content (AvgIpc) is 2.55. The lowest BCUT2D eigenvalue weighted by atomic mass is 9.77. The van der Waals surface area contributed by atoms with Crippen molar-refractivity contribution in [2.45, 2.75) is 38.2 Å². The highest BCUT2D eigenvalue weighted by Gasteiger charge is 2.27. The molecule has 112 valence electrons. The fourth-order valence-electron chi connectivity index (χ4n) is 3.51. The minimum Gasteiger partial charge on any atom is -0.392 e. The van der Waals surface area contributed by atoms with E-state index in [0.29, 0.717) is 11.8 Å². The van der Waals surface area contributed by atoms with Crippen LogP contribution in [0.2, 0.25) is 0 Å². The van der Waals surface area contributed by atoms with Gasteiger partial charge in [-0.1, -0.05) is 25.0 Å². The Labute approximate surface area is 126 Å². The number of aliphatic hydroxyl groups excluding tert-OH is 1. The normalized spacial score (nSPS) is 22.6. The van der Waals surface area contributed by atoms with Crippen molar-refractivity contribution in [3.8, 4) is 0 Å². The lowest BCUT2D eigenvalue weighted by Gasteiger charge is -2.30. The number of ether oxygens (including phenoxy) is 1. The Balaban J connectivity index is 1.92. The van der Waals surface area contributed by atoms with E-state index in [9.17, 15) is 5.11 Å². The summed E-state index contributed by atoms with van der Waals surface area (Å²) in [5, 5.41) is 10.3. The van der Waals surface area contributed by atoms with Crippen molar-refractivity contribution < 1.29 is 9.84 Å². The average molecular weight is 285 g/mol. The number of hydrogen-bond acceptors (Lipinski definition) is 3. The maximum Gasteiger partial charge on any atom is 0.0705 e. The molecule has 0 amide bonds. The summed E-state index contributed by atoms with van der Waals surface area (Å²) in [5.74, 6) is 1.10. The maximum atomic E-state index is 9.21. The molecule has 1 saturated carbocycles. The molecule has 1 aromatic carbocycles. The molecule has 1 fully saturated rings. The fourth-order valence-corrected chi connectivity index (χ4v) is 3.51. The van der Waals surface area contributed by atoms with Gasteiger partial charge in [0.1, 0.15) is 0 Å². The standard InChI is InChI=1S/C18H23NO2/c1-21-12-15-4-2-3-5-16(15)18-9-7-14-10-13(11-20)6-8-17(14)19-18/h6-10,15-16,20H,2-5,11-12H2,1H3/t15-,16+/m0/s1. The highest BCUT2D eigenvalue weighted by atomic mass is 16.5. The second-order valence-electron chi connectivity index (χ2n) is 6.03. The van der Waals surface area contributed by atoms with Crippen molar-refractivity contribution in [1.82, 2.24) is 4.98 Å². The van der Waals surface area contributed by atoms with Crippen molar-refractivity contribution in [2.75, 3.05) is 13.7 Å². The van der Waals surface area contributed by atoms with Gasteiger partial charge in [0.2, 0.25) is 0 Å². The third-order valence-corrected chi connectivity index (χ3v) is 4.63. The van der Waals surface area contributed by atoms with Gasteiger partial charge in [0, 0.05) is 30.7 Å². The van der Waals surface area contributed by atoms with Gasteiger partial charge in [0.15, 0.2) is 0 Å². The molecule has 1 heterocycles. The van der Waals surface area contributed by atoms with E-state index in [4.69, 9.17) is 9.72 Å². The topological polar surface area (TPSA) is 42.4 Å². The molecule has 1 aromatic heterocycles. The molecule has 0 unspecified atom stereocenters. The van der Waals surface area contributed by atoms with Crippen LogP contribution in [0.4, 0.5) is 0 Å². The van der Waals surface area contributed by atoms with Gasteiger partial charge in [-0.15, -0.1) is 0 Å². The maximum absolute atomic E-state index is 9.21. The van der Waals surface area contributed by atoms with Gasteiger partial charge in [0.25, 0.3) is 0 Å². The summed E-state index contributed by atoms with van der Waals surface area (Å²) < 4.78 is 5.40. The number of aliphatic hydroxyl groups is 1. The molecule has 2 aromatic rings. The third kappa shape index (κ3) is 3.09. The van der Waals surface area contributed by atoms with Gasteiger partial charge in [-0.3, -0.25) is 4.98 Å². The first-order chi connectivity index (χ1) is 10.3. The monoisotopic (exact) mass is 285 g/mol. The van der Waals surface area contributed by atoms with E-state index >= 15 is 0 Å². The van der Waals surface area contributed by atoms with Crippen LogP contribution in [0.5, 0.6) is 0 Å². The van der Waals surface area contributed by atoms with Gasteiger partial charge in [0.05, 0.1) is 12.1 Å². The van der Waals surface area contributed by atoms with Gasteiger partial charge in [-0.25, -0.2) is 0 Å². The van der Waals surface area contributed by atoms with E-state index in [-0.39, 0.29) is 6.61 Å². The molecule has 3 rings (SSSR count). The molecule has 2 atom stereocenters. The summed E-state index contributed by atoms with van der Waals surface area (Å²) in [6, 6.07) is 10.3. The van der Waals surface area contributed by atoms with E-state index in [1.807, 2.05) is 18.2 Å². The smallest absolute Gasteiger partial charge is 0.0705 e. The Morgan fingerprint density at radius 2 is 2.05 bits per heavy atom. The summed E-state index contributed by atoms with van der Waals surface area (Å²) in [6.45, 7) is 0.907. The van der Waals surface area contributed by atoms with Crippen LogP contribution in [0.25, 0.3) is 10.9 Å². The Kier molecular flexibility index (Phi) is 4.51. The minimum absolute atomic E-state index is 0.0796. The molecule has 0 spiro atoms. The number of benzene rings is 1. The molecule has 0 aliphatic heterocycles. The van der Waals surface area contributed by atoms with E-state index in [0.717, 1.165) is 23.1 Å². The first kappa shape index (κ1) is 14.5. The number of pyridine rings is 1. The molecule has 1 aliphatic rings. The van der Waals surface area contributed by atoms with Crippen LogP contribution in [-0.4, -0.2) is 23.8 Å². The van der Waals surface area contributed by atoms with Crippen LogP contribution >= 0.6 is 0 Å². The van der Waals surface area contributed by atoms with E-state index < -0.39 is 0 Å². The Bertz CT molecular complexity index is 609. The van der Waals surface area contributed by atoms with Crippen molar-refractivity contribution in [1.29, 1.82) is 0 Å². The highest BCUT2D eigenvalue weighted by Crippen LogP contribution is 2.37. The second kappa shape index (κ2) is 6.54. The zero-order valence-electron chi connectivity index (χ0n) is 12.6. The quantitative estimate of drug-likeness (QED) is 0.932. The van der Waals surface area contributed by atoms with Gasteiger partial charge < -0.3 is 9.84 Å². The molecule has 0 radical (unpaired) electrons. The number of aromatic nitrogens is 1. The van der Waals surface area contributed by atoms with Crippen LogP contribution in [0.3, 0.4) is 0 Å². The number of fused-ring (bicyclic) bond motifs is 1. The first-order valence-corrected chi connectivity index (χ1v) is 7.81. The SMILES string of the molecule is COC[C@@H]1CCCC[C@H]1c1ccc2cc(CO)ccc2n1. The largest absolute Gasteiger partial charge is 0.392 e. The molecular formula is C18H23NO2. The Morgan fingerprint density at radius 3 is 2.86 bits per heavy atom. The van der Waals surface area contributed by atoms with E-state index in [1.54, 1.807) is 7.11 Å². The van der Waals surface area contributed by atoms with E-state index in [1.165, 1.54) is 31.4 Å². The first-order valence-electron chi connectivity index (χ1n) is 7.81. The molecule has 0 bridgehead atoms. The molecule has 3 nitrogen and oxygen atoms in total. The second-order valence-corrected chi connectivity index (χ2v) is 6.03. The van der Waals surface area contributed by atoms with Crippen LogP contribution < -0.4 is 0 Å². The number of hydrogen-bond donors (Lipinski definition) is 1. The van der Waals surface area contributed by atoms with Crippen LogP contribution in [-0.2, 0) is 11.3 Å². The molecule has 3 heteroatoms. The number of nitrogens with zero attached hydrogens (tertiary/aromatic N) is 1. The lowest BCUT2D eigenvalue weighted by molar-refractivity contribution is 0.117. The number of methoxy groups -OCH3 is 1. The van der Waals surface area contributed by atoms with Crippen molar-refractivity contribution in [3.63, 3.8) is 0 Å². The predicted octanol–water partition coefficient (Wildman–Crippen LogP) is 3.65. The van der Waals surface area contributed by atoms with Crippen LogP contribution in [0.15, 0.2) is 30.3 Å². The molecule has 1 N–H and O–H groups in total. The Morgan fingerprint density at radius 1 is 1.19 bits per heavy atom. The summed E-state index contributed by atoms with van der Waals surface area (Å²) >= 11 is 0. The molecule has 21 heavy (non-hydrogen) atoms. The van der Waals surface area contributed by atoms with Crippen molar-refractivity contribution >= 4 is 10.9 Å². The fraction of sp³-hybridized carbons (Fsp3) is 0.500. The lowest BCUT2D eigenvalue weighted by Crippen LogP contribution is -2.22.